The van der Waals surface area contributed by atoms with Crippen LogP contribution in [0.25, 0.3) is 11.1 Å². The highest BCUT2D eigenvalue weighted by atomic mass is 79.9. The first kappa shape index (κ1) is 28.6. The molecular formula is C25H24BrClF3N3O4S. The van der Waals surface area contributed by atoms with Crippen molar-refractivity contribution in [3.8, 4) is 11.1 Å². The van der Waals surface area contributed by atoms with Crippen LogP contribution in [0, 0.1) is 0 Å². The van der Waals surface area contributed by atoms with Gasteiger partial charge in [0, 0.05) is 59.2 Å². The fourth-order valence-electron chi connectivity index (χ4n) is 4.31. The molecule has 0 spiro atoms. The minimum absolute atomic E-state index is 0.0133. The van der Waals surface area contributed by atoms with Gasteiger partial charge in [0.05, 0.1) is 18.0 Å². The number of amides is 2. The molecule has 2 aliphatic heterocycles. The second-order valence-electron chi connectivity index (χ2n) is 9.15. The van der Waals surface area contributed by atoms with Gasteiger partial charge < -0.3 is 10.2 Å². The van der Waals surface area contributed by atoms with E-state index in [0.29, 0.717) is 20.6 Å². The first-order valence-corrected chi connectivity index (χ1v) is 14.3. The van der Waals surface area contributed by atoms with Crippen LogP contribution < -0.4 is 5.32 Å². The SMILES string of the molecule is O=C(/C=C/CNC(=O)C1(F)CCN(S(=O)(=O)c2ccc(Br)cc2-c2ccccc2Cl)CC1)N1CC(F)(F)C1. The predicted octanol–water partition coefficient (Wildman–Crippen LogP) is 4.41. The van der Waals surface area contributed by atoms with Gasteiger partial charge in [0.1, 0.15) is 0 Å². The lowest BCUT2D eigenvalue weighted by atomic mass is 9.93. The van der Waals surface area contributed by atoms with Crippen molar-refractivity contribution in [3.05, 3.63) is 64.1 Å². The first-order chi connectivity index (χ1) is 17.8. The number of rotatable bonds is 7. The Morgan fingerprint density at radius 2 is 1.71 bits per heavy atom. The normalized spacial score (nSPS) is 19.2. The van der Waals surface area contributed by atoms with E-state index in [9.17, 15) is 26.8 Å². The standard InChI is InChI=1S/C25H24BrClF3N3O4S/c26-17-7-8-21(19(14-17)18-4-1-2-5-20(18)27)38(36,37)33-12-9-24(28,10-13-33)23(35)31-11-3-6-22(34)32-15-25(29,30)16-32/h1-8,14H,9-13,15-16H2,(H,31,35)/b6-3+. The highest BCUT2D eigenvalue weighted by Gasteiger charge is 2.46. The van der Waals surface area contributed by atoms with Crippen LogP contribution in [0.15, 0.2) is 64.0 Å². The van der Waals surface area contributed by atoms with Crippen molar-refractivity contribution in [1.82, 2.24) is 14.5 Å². The van der Waals surface area contributed by atoms with Gasteiger partial charge in [0.2, 0.25) is 15.9 Å². The Morgan fingerprint density at radius 3 is 2.34 bits per heavy atom. The number of piperidine rings is 1. The lowest BCUT2D eigenvalue weighted by Gasteiger charge is -2.37. The van der Waals surface area contributed by atoms with Crippen molar-refractivity contribution in [2.45, 2.75) is 29.3 Å². The molecule has 0 saturated carbocycles. The van der Waals surface area contributed by atoms with E-state index in [0.717, 1.165) is 15.3 Å². The summed E-state index contributed by atoms with van der Waals surface area (Å²) >= 11 is 9.69. The maximum absolute atomic E-state index is 15.4. The zero-order chi connectivity index (χ0) is 27.7. The average Bonchev–Trinajstić information content (AvgIpc) is 2.85. The van der Waals surface area contributed by atoms with Crippen molar-refractivity contribution >= 4 is 49.4 Å². The molecule has 0 aromatic heterocycles. The Balaban J connectivity index is 1.38. The van der Waals surface area contributed by atoms with Crippen LogP contribution in [0.1, 0.15) is 12.8 Å². The number of carbonyl (C=O) groups is 2. The molecule has 13 heteroatoms. The van der Waals surface area contributed by atoms with Crippen molar-refractivity contribution in [1.29, 1.82) is 0 Å². The maximum atomic E-state index is 15.4. The van der Waals surface area contributed by atoms with E-state index in [1.807, 2.05) is 0 Å². The zero-order valence-electron chi connectivity index (χ0n) is 20.0. The van der Waals surface area contributed by atoms with Gasteiger partial charge in [-0.3, -0.25) is 9.59 Å². The van der Waals surface area contributed by atoms with Gasteiger partial charge in [-0.2, -0.15) is 4.31 Å². The molecule has 0 radical (unpaired) electrons. The van der Waals surface area contributed by atoms with E-state index in [1.54, 1.807) is 36.4 Å². The quantitative estimate of drug-likeness (QED) is 0.458. The van der Waals surface area contributed by atoms with Crippen molar-refractivity contribution in [3.63, 3.8) is 0 Å². The first-order valence-electron chi connectivity index (χ1n) is 11.7. The molecule has 7 nitrogen and oxygen atoms in total. The van der Waals surface area contributed by atoms with Gasteiger partial charge in [-0.1, -0.05) is 51.8 Å². The lowest BCUT2D eigenvalue weighted by Crippen LogP contribution is -2.58. The van der Waals surface area contributed by atoms with Gasteiger partial charge in [-0.25, -0.2) is 21.6 Å². The summed E-state index contributed by atoms with van der Waals surface area (Å²) in [4.78, 5) is 25.2. The molecule has 2 amide bonds. The largest absolute Gasteiger partial charge is 0.350 e. The van der Waals surface area contributed by atoms with E-state index in [4.69, 9.17) is 11.6 Å². The van der Waals surface area contributed by atoms with Gasteiger partial charge in [-0.15, -0.1) is 0 Å². The number of nitrogens with zero attached hydrogens (tertiary/aromatic N) is 2. The van der Waals surface area contributed by atoms with Gasteiger partial charge in [0.15, 0.2) is 5.67 Å². The van der Waals surface area contributed by atoms with Crippen LogP contribution in [0.2, 0.25) is 5.02 Å². The number of sulfonamides is 1. The van der Waals surface area contributed by atoms with Crippen LogP contribution in [0.4, 0.5) is 13.2 Å². The van der Waals surface area contributed by atoms with Crippen LogP contribution in [0.5, 0.6) is 0 Å². The summed E-state index contributed by atoms with van der Waals surface area (Å²) in [6.45, 7) is -1.93. The second kappa shape index (κ2) is 11.0. The number of hydrogen-bond acceptors (Lipinski definition) is 4. The monoisotopic (exact) mass is 633 g/mol. The van der Waals surface area contributed by atoms with E-state index in [1.165, 1.54) is 12.1 Å². The van der Waals surface area contributed by atoms with Crippen molar-refractivity contribution < 1.29 is 31.2 Å². The highest BCUT2D eigenvalue weighted by molar-refractivity contribution is 9.10. The minimum atomic E-state index is -4.05. The number of benzene rings is 2. The smallest absolute Gasteiger partial charge is 0.282 e. The molecule has 2 aliphatic rings. The minimum Gasteiger partial charge on any atom is -0.350 e. The van der Waals surface area contributed by atoms with Crippen molar-refractivity contribution in [2.75, 3.05) is 32.7 Å². The molecule has 2 saturated heterocycles. The van der Waals surface area contributed by atoms with Crippen LogP contribution in [-0.4, -0.2) is 73.8 Å². The van der Waals surface area contributed by atoms with E-state index < -0.39 is 46.5 Å². The molecule has 1 N–H and O–H groups in total. The molecule has 4 rings (SSSR count). The van der Waals surface area contributed by atoms with Crippen molar-refractivity contribution in [2.24, 2.45) is 0 Å². The third kappa shape index (κ3) is 6.08. The Labute approximate surface area is 231 Å². The number of carbonyl (C=O) groups excluding carboxylic acids is 2. The lowest BCUT2D eigenvalue weighted by molar-refractivity contribution is -0.160. The van der Waals surface area contributed by atoms with Gasteiger partial charge >= 0.3 is 0 Å². The van der Waals surface area contributed by atoms with E-state index in [-0.39, 0.29) is 37.4 Å². The molecule has 2 fully saturated rings. The number of halogens is 5. The number of nitrogens with one attached hydrogen (secondary N) is 1. The Bertz CT molecular complexity index is 1370. The third-order valence-corrected chi connectivity index (χ3v) is 9.22. The summed E-state index contributed by atoms with van der Waals surface area (Å²) in [6, 6.07) is 11.5. The van der Waals surface area contributed by atoms with Crippen LogP contribution in [0.3, 0.4) is 0 Å². The van der Waals surface area contributed by atoms with Crippen LogP contribution in [-0.2, 0) is 19.6 Å². The number of hydrogen-bond donors (Lipinski definition) is 1. The molecule has 2 aromatic rings. The Kier molecular flexibility index (Phi) is 8.27. The Hall–Kier alpha value is -2.41. The van der Waals surface area contributed by atoms with E-state index in [2.05, 4.69) is 21.2 Å². The summed E-state index contributed by atoms with van der Waals surface area (Å²) in [6.07, 6.45) is 1.58. The topological polar surface area (TPSA) is 86.8 Å². The summed E-state index contributed by atoms with van der Waals surface area (Å²) in [5.74, 6) is -4.43. The Morgan fingerprint density at radius 1 is 1.05 bits per heavy atom. The third-order valence-electron chi connectivity index (χ3n) is 6.44. The molecule has 2 heterocycles. The summed E-state index contributed by atoms with van der Waals surface area (Å²) in [7, 11) is -4.05. The zero-order valence-corrected chi connectivity index (χ0v) is 23.1. The second-order valence-corrected chi connectivity index (χ2v) is 12.4. The predicted molar refractivity (Wildman–Crippen MR) is 140 cm³/mol. The molecular weight excluding hydrogens is 611 g/mol. The molecule has 0 bridgehead atoms. The molecule has 0 unspecified atom stereocenters. The average molecular weight is 635 g/mol. The van der Waals surface area contributed by atoms with Crippen LogP contribution >= 0.6 is 27.5 Å². The fraction of sp³-hybridized carbons (Fsp3) is 0.360. The number of likely N-dealkylation sites (tertiary alicyclic amines) is 1. The highest BCUT2D eigenvalue weighted by Crippen LogP contribution is 2.37. The summed E-state index contributed by atoms with van der Waals surface area (Å²) in [5, 5.41) is 2.73. The molecule has 2 aromatic carbocycles. The van der Waals surface area contributed by atoms with Gasteiger partial charge in [-0.05, 0) is 24.3 Å². The number of alkyl halides is 3. The summed E-state index contributed by atoms with van der Waals surface area (Å²) in [5.41, 5.74) is -1.38. The van der Waals surface area contributed by atoms with Gasteiger partial charge in [0.25, 0.3) is 11.8 Å². The molecule has 38 heavy (non-hydrogen) atoms. The molecule has 204 valence electrons. The fourth-order valence-corrected chi connectivity index (χ4v) is 6.53. The maximum Gasteiger partial charge on any atom is 0.282 e. The summed E-state index contributed by atoms with van der Waals surface area (Å²) < 4.78 is 70.0. The molecule has 0 aliphatic carbocycles. The van der Waals surface area contributed by atoms with E-state index >= 15 is 4.39 Å². The molecule has 0 atom stereocenters.